The third-order valence-corrected chi connectivity index (χ3v) is 2.76. The number of morpholine rings is 1. The monoisotopic (exact) mass is 306 g/mol. The minimum atomic E-state index is -5.42. The molecule has 0 radical (unpaired) electrons. The van der Waals surface area contributed by atoms with Gasteiger partial charge in [0.1, 0.15) is 0 Å². The zero-order valence-electron chi connectivity index (χ0n) is 10.8. The Hall–Kier alpha value is -0.830. The number of hydrogen-bond donors (Lipinski definition) is 0. The van der Waals surface area contributed by atoms with Crippen LogP contribution in [0.2, 0.25) is 0 Å². The summed E-state index contributed by atoms with van der Waals surface area (Å²) in [4.78, 5) is 4.61. The van der Waals surface area contributed by atoms with Gasteiger partial charge in [0.25, 0.3) is 0 Å². The molecule has 118 valence electrons. The van der Waals surface area contributed by atoms with Gasteiger partial charge in [-0.1, -0.05) is 6.92 Å². The quantitative estimate of drug-likeness (QED) is 0.589. The van der Waals surface area contributed by atoms with Gasteiger partial charge in [0.2, 0.25) is 6.04 Å². The Morgan fingerprint density at radius 2 is 1.60 bits per heavy atom. The lowest BCUT2D eigenvalue weighted by Crippen LogP contribution is -2.41. The molecule has 9 heteroatoms. The zero-order valence-corrected chi connectivity index (χ0v) is 10.8. The van der Waals surface area contributed by atoms with Gasteiger partial charge >= 0.3 is 12.4 Å². The summed E-state index contributed by atoms with van der Waals surface area (Å²) < 4.78 is 78.7. The van der Waals surface area contributed by atoms with E-state index in [9.17, 15) is 26.3 Å². The van der Waals surface area contributed by atoms with Crippen LogP contribution in [0.5, 0.6) is 0 Å². The van der Waals surface area contributed by atoms with Crippen molar-refractivity contribution in [2.24, 2.45) is 10.9 Å². The summed E-state index contributed by atoms with van der Waals surface area (Å²) in [6, 6.07) is -3.65. The minimum absolute atomic E-state index is 0.356. The van der Waals surface area contributed by atoms with Crippen molar-refractivity contribution in [1.29, 1.82) is 0 Å². The summed E-state index contributed by atoms with van der Waals surface area (Å²) in [6.45, 7) is 4.13. The van der Waals surface area contributed by atoms with Crippen LogP contribution < -0.4 is 0 Å². The Kier molecular flexibility index (Phi) is 5.81. The Bertz CT molecular complexity index is 308. The van der Waals surface area contributed by atoms with Crippen LogP contribution in [0.3, 0.4) is 0 Å². The molecule has 3 nitrogen and oxygen atoms in total. The van der Waals surface area contributed by atoms with Gasteiger partial charge in [-0.25, -0.2) is 0 Å². The number of nitrogens with zero attached hydrogens (tertiary/aromatic N) is 2. The summed E-state index contributed by atoms with van der Waals surface area (Å²) in [6.07, 6.45) is -10.1. The Morgan fingerprint density at radius 3 is 2.05 bits per heavy atom. The van der Waals surface area contributed by atoms with E-state index in [1.807, 2.05) is 4.90 Å². The van der Waals surface area contributed by atoms with Crippen LogP contribution in [-0.4, -0.2) is 62.4 Å². The number of rotatable bonds is 4. The van der Waals surface area contributed by atoms with Crippen LogP contribution in [-0.2, 0) is 4.74 Å². The van der Waals surface area contributed by atoms with Crippen molar-refractivity contribution in [3.8, 4) is 0 Å². The molecule has 1 saturated heterocycles. The molecule has 0 bridgehead atoms. The first-order valence-corrected chi connectivity index (χ1v) is 6.07. The topological polar surface area (TPSA) is 24.8 Å². The molecule has 1 heterocycles. The van der Waals surface area contributed by atoms with E-state index in [1.165, 1.54) is 6.92 Å². The third kappa shape index (κ3) is 5.66. The highest BCUT2D eigenvalue weighted by atomic mass is 19.4. The minimum Gasteiger partial charge on any atom is -0.379 e. The molecule has 0 unspecified atom stereocenters. The van der Waals surface area contributed by atoms with Gasteiger partial charge in [-0.2, -0.15) is 26.3 Å². The van der Waals surface area contributed by atoms with E-state index in [0.717, 1.165) is 6.21 Å². The van der Waals surface area contributed by atoms with Gasteiger partial charge in [0.05, 0.1) is 13.2 Å². The maximum Gasteiger partial charge on any atom is 0.419 e. The highest BCUT2D eigenvalue weighted by Crippen LogP contribution is 2.35. The van der Waals surface area contributed by atoms with Crippen molar-refractivity contribution in [3.63, 3.8) is 0 Å². The molecule has 1 fully saturated rings. The van der Waals surface area contributed by atoms with Crippen molar-refractivity contribution in [2.75, 3.05) is 32.8 Å². The summed E-state index contributed by atoms with van der Waals surface area (Å²) in [5.41, 5.74) is 0. The summed E-state index contributed by atoms with van der Waals surface area (Å²) in [7, 11) is 0. The smallest absolute Gasteiger partial charge is 0.379 e. The van der Waals surface area contributed by atoms with Crippen molar-refractivity contribution < 1.29 is 31.1 Å². The SMILES string of the molecule is C[C@@H](C=NC(C(F)(F)F)C(F)(F)F)CN1CCOCC1. The maximum atomic E-state index is 12.3. The van der Waals surface area contributed by atoms with Crippen molar-refractivity contribution >= 4 is 6.21 Å². The molecule has 0 aromatic rings. The normalized spacial score (nSPS) is 20.8. The van der Waals surface area contributed by atoms with Crippen molar-refractivity contribution in [3.05, 3.63) is 0 Å². The van der Waals surface area contributed by atoms with Crippen LogP contribution in [0.15, 0.2) is 4.99 Å². The number of hydrogen-bond acceptors (Lipinski definition) is 3. The summed E-state index contributed by atoms with van der Waals surface area (Å²) in [5.74, 6) is -0.500. The van der Waals surface area contributed by atoms with Gasteiger partial charge in [-0.3, -0.25) is 9.89 Å². The second-order valence-electron chi connectivity index (χ2n) is 4.67. The van der Waals surface area contributed by atoms with Crippen LogP contribution in [0.25, 0.3) is 0 Å². The first-order chi connectivity index (χ1) is 9.10. The summed E-state index contributed by atoms with van der Waals surface area (Å²) in [5, 5.41) is 0. The standard InChI is InChI=1S/C11H16F6N2O/c1-8(7-19-2-4-20-5-3-19)6-18-9(10(12,13)14)11(15,16)17/h6,8-9H,2-5,7H2,1H3/t8-/m0/s1. The molecule has 0 aromatic carbocycles. The first kappa shape index (κ1) is 17.2. The van der Waals surface area contributed by atoms with Gasteiger partial charge < -0.3 is 4.74 Å². The van der Waals surface area contributed by atoms with Crippen LogP contribution in [0, 0.1) is 5.92 Å². The number of alkyl halides is 6. The molecule has 0 aliphatic carbocycles. The Labute approximate surface area is 112 Å². The zero-order chi connectivity index (χ0) is 15.4. The Balaban J connectivity index is 2.58. The number of ether oxygens (including phenoxy) is 1. The van der Waals surface area contributed by atoms with E-state index in [1.54, 1.807) is 0 Å². The number of halogens is 6. The van der Waals surface area contributed by atoms with E-state index >= 15 is 0 Å². The van der Waals surface area contributed by atoms with Crippen molar-refractivity contribution in [1.82, 2.24) is 4.90 Å². The average Bonchev–Trinajstić information content (AvgIpc) is 2.26. The molecule has 20 heavy (non-hydrogen) atoms. The predicted octanol–water partition coefficient (Wildman–Crippen LogP) is 2.52. The fourth-order valence-electron chi connectivity index (χ4n) is 1.83. The van der Waals surface area contributed by atoms with Crippen LogP contribution >= 0.6 is 0 Å². The lowest BCUT2D eigenvalue weighted by atomic mass is 10.1. The van der Waals surface area contributed by atoms with Gasteiger partial charge in [-0.15, -0.1) is 0 Å². The largest absolute Gasteiger partial charge is 0.419 e. The van der Waals surface area contributed by atoms with Crippen LogP contribution in [0.4, 0.5) is 26.3 Å². The van der Waals surface area contributed by atoms with E-state index in [2.05, 4.69) is 4.99 Å². The van der Waals surface area contributed by atoms with Gasteiger partial charge in [0, 0.05) is 31.8 Å². The van der Waals surface area contributed by atoms with Gasteiger partial charge in [-0.05, 0) is 0 Å². The molecular weight excluding hydrogens is 290 g/mol. The van der Waals surface area contributed by atoms with Crippen molar-refractivity contribution in [2.45, 2.75) is 25.3 Å². The molecule has 0 N–H and O–H groups in total. The van der Waals surface area contributed by atoms with E-state index in [-0.39, 0.29) is 0 Å². The molecule has 1 atom stereocenters. The highest BCUT2D eigenvalue weighted by Gasteiger charge is 2.56. The van der Waals surface area contributed by atoms with E-state index in [4.69, 9.17) is 4.74 Å². The van der Waals surface area contributed by atoms with Crippen LogP contribution in [0.1, 0.15) is 6.92 Å². The molecule has 0 saturated carbocycles. The molecule has 0 amide bonds. The fraction of sp³-hybridized carbons (Fsp3) is 0.909. The predicted molar refractivity (Wildman–Crippen MR) is 60.8 cm³/mol. The second kappa shape index (κ2) is 6.75. The first-order valence-electron chi connectivity index (χ1n) is 6.07. The molecule has 0 aromatic heterocycles. The number of aliphatic imine (C=N–C) groups is 1. The summed E-state index contributed by atoms with van der Waals surface area (Å²) >= 11 is 0. The van der Waals surface area contributed by atoms with E-state index < -0.39 is 24.3 Å². The molecule has 1 aliphatic rings. The second-order valence-corrected chi connectivity index (χ2v) is 4.67. The Morgan fingerprint density at radius 1 is 1.10 bits per heavy atom. The fourth-order valence-corrected chi connectivity index (χ4v) is 1.83. The van der Waals surface area contributed by atoms with Gasteiger partial charge in [0.15, 0.2) is 0 Å². The molecule has 1 aliphatic heterocycles. The van der Waals surface area contributed by atoms with E-state index in [0.29, 0.717) is 32.8 Å². The molecule has 0 spiro atoms. The molecule has 1 rings (SSSR count). The lowest BCUT2D eigenvalue weighted by molar-refractivity contribution is -0.247. The highest BCUT2D eigenvalue weighted by molar-refractivity contribution is 5.61. The lowest BCUT2D eigenvalue weighted by Gasteiger charge is -2.28. The maximum absolute atomic E-state index is 12.3. The molecular formula is C11H16F6N2O. The average molecular weight is 306 g/mol. The third-order valence-electron chi connectivity index (χ3n) is 2.76.